The third-order valence-electron chi connectivity index (χ3n) is 2.46. The van der Waals surface area contributed by atoms with Crippen molar-refractivity contribution in [1.29, 1.82) is 0 Å². The second-order valence-corrected chi connectivity index (χ2v) is 3.66. The fourth-order valence-electron chi connectivity index (χ4n) is 1.59. The highest BCUT2D eigenvalue weighted by Gasteiger charge is 2.15. The van der Waals surface area contributed by atoms with Crippen molar-refractivity contribution in [3.05, 3.63) is 29.6 Å². The summed E-state index contributed by atoms with van der Waals surface area (Å²) in [7, 11) is 0. The number of hydrogen-bond donors (Lipinski definition) is 1. The standard InChI is InChI=1S/C11H16N2O2/c12-6-10-5-9(1-3-13-10)7-15-11-2-4-14-8-11/h1,3,5,11H,2,4,6-8,12H2. The molecule has 1 unspecified atom stereocenters. The molecule has 4 nitrogen and oxygen atoms in total. The summed E-state index contributed by atoms with van der Waals surface area (Å²) >= 11 is 0. The van der Waals surface area contributed by atoms with Crippen molar-refractivity contribution in [2.75, 3.05) is 13.2 Å². The second kappa shape index (κ2) is 5.21. The summed E-state index contributed by atoms with van der Waals surface area (Å²) in [5.41, 5.74) is 7.54. The maximum absolute atomic E-state index is 5.69. The van der Waals surface area contributed by atoms with Crippen LogP contribution in [0.3, 0.4) is 0 Å². The molecular formula is C11H16N2O2. The van der Waals surface area contributed by atoms with Crippen molar-refractivity contribution in [3.63, 3.8) is 0 Å². The molecule has 1 fully saturated rings. The van der Waals surface area contributed by atoms with Crippen molar-refractivity contribution >= 4 is 0 Å². The van der Waals surface area contributed by atoms with Gasteiger partial charge >= 0.3 is 0 Å². The fraction of sp³-hybridized carbons (Fsp3) is 0.545. The van der Waals surface area contributed by atoms with Gasteiger partial charge in [0.05, 0.1) is 25.0 Å². The zero-order valence-corrected chi connectivity index (χ0v) is 8.69. The first-order valence-electron chi connectivity index (χ1n) is 5.21. The molecular weight excluding hydrogens is 192 g/mol. The molecule has 0 spiro atoms. The van der Waals surface area contributed by atoms with Gasteiger partial charge in [-0.15, -0.1) is 0 Å². The quantitative estimate of drug-likeness (QED) is 0.796. The van der Waals surface area contributed by atoms with Gasteiger partial charge in [0, 0.05) is 19.3 Å². The molecule has 0 aromatic carbocycles. The molecule has 1 aliphatic heterocycles. The maximum Gasteiger partial charge on any atom is 0.0834 e. The summed E-state index contributed by atoms with van der Waals surface area (Å²) in [6, 6.07) is 3.94. The molecule has 0 amide bonds. The van der Waals surface area contributed by atoms with Gasteiger partial charge in [0.1, 0.15) is 0 Å². The second-order valence-electron chi connectivity index (χ2n) is 3.66. The summed E-state index contributed by atoms with van der Waals surface area (Å²) < 4.78 is 10.9. The first-order chi connectivity index (χ1) is 7.38. The largest absolute Gasteiger partial charge is 0.379 e. The van der Waals surface area contributed by atoms with Crippen LogP contribution >= 0.6 is 0 Å². The number of rotatable bonds is 4. The number of aromatic nitrogens is 1. The number of pyridine rings is 1. The number of hydrogen-bond acceptors (Lipinski definition) is 4. The normalized spacial score (nSPS) is 20.7. The predicted octanol–water partition coefficient (Wildman–Crippen LogP) is 0.846. The summed E-state index contributed by atoms with van der Waals surface area (Å²) in [6.07, 6.45) is 3.01. The van der Waals surface area contributed by atoms with Crippen molar-refractivity contribution in [3.8, 4) is 0 Å². The van der Waals surface area contributed by atoms with Crippen LogP contribution < -0.4 is 5.73 Å². The molecule has 82 valence electrons. The van der Waals surface area contributed by atoms with Crippen LogP contribution in [0.4, 0.5) is 0 Å². The van der Waals surface area contributed by atoms with Gasteiger partial charge in [-0.1, -0.05) is 0 Å². The lowest BCUT2D eigenvalue weighted by Gasteiger charge is -2.09. The summed E-state index contributed by atoms with van der Waals surface area (Å²) in [6.45, 7) is 2.62. The number of nitrogens with two attached hydrogens (primary N) is 1. The van der Waals surface area contributed by atoms with E-state index in [2.05, 4.69) is 4.98 Å². The number of nitrogens with zero attached hydrogens (tertiary/aromatic N) is 1. The minimum Gasteiger partial charge on any atom is -0.379 e. The molecule has 1 aliphatic rings. The third-order valence-corrected chi connectivity index (χ3v) is 2.46. The van der Waals surface area contributed by atoms with Gasteiger partial charge in [-0.2, -0.15) is 0 Å². The molecule has 2 heterocycles. The Balaban J connectivity index is 1.86. The minimum absolute atomic E-state index is 0.250. The highest BCUT2D eigenvalue weighted by atomic mass is 16.5. The Morgan fingerprint density at radius 3 is 3.27 bits per heavy atom. The molecule has 0 saturated carbocycles. The Labute approximate surface area is 89.4 Å². The van der Waals surface area contributed by atoms with E-state index in [1.54, 1.807) is 6.20 Å². The highest BCUT2D eigenvalue weighted by Crippen LogP contribution is 2.11. The van der Waals surface area contributed by atoms with Gasteiger partial charge in [0.15, 0.2) is 0 Å². The minimum atomic E-state index is 0.250. The fourth-order valence-corrected chi connectivity index (χ4v) is 1.59. The lowest BCUT2D eigenvalue weighted by atomic mass is 10.2. The molecule has 0 radical (unpaired) electrons. The number of ether oxygens (including phenoxy) is 2. The average molecular weight is 208 g/mol. The van der Waals surface area contributed by atoms with Crippen LogP contribution in [0.25, 0.3) is 0 Å². The molecule has 1 atom stereocenters. The van der Waals surface area contributed by atoms with Crippen LogP contribution in [0, 0.1) is 0 Å². The van der Waals surface area contributed by atoms with E-state index in [1.165, 1.54) is 0 Å². The Bertz CT molecular complexity index is 311. The lowest BCUT2D eigenvalue weighted by Crippen LogP contribution is -2.12. The Kier molecular flexibility index (Phi) is 3.66. The van der Waals surface area contributed by atoms with Crippen LogP contribution in [0.1, 0.15) is 17.7 Å². The predicted molar refractivity (Wildman–Crippen MR) is 56.1 cm³/mol. The molecule has 0 aliphatic carbocycles. The van der Waals surface area contributed by atoms with E-state index in [9.17, 15) is 0 Å². The zero-order chi connectivity index (χ0) is 10.5. The zero-order valence-electron chi connectivity index (χ0n) is 8.69. The van der Waals surface area contributed by atoms with Gasteiger partial charge < -0.3 is 15.2 Å². The van der Waals surface area contributed by atoms with E-state index in [-0.39, 0.29) is 6.10 Å². The highest BCUT2D eigenvalue weighted by molar-refractivity contribution is 5.15. The van der Waals surface area contributed by atoms with Gasteiger partial charge in [0.2, 0.25) is 0 Å². The van der Waals surface area contributed by atoms with Crippen LogP contribution in [0.5, 0.6) is 0 Å². The van der Waals surface area contributed by atoms with Crippen molar-refractivity contribution in [2.24, 2.45) is 5.73 Å². The van der Waals surface area contributed by atoms with Crippen molar-refractivity contribution in [2.45, 2.75) is 25.7 Å². The Morgan fingerprint density at radius 1 is 1.60 bits per heavy atom. The van der Waals surface area contributed by atoms with Crippen molar-refractivity contribution < 1.29 is 9.47 Å². The van der Waals surface area contributed by atoms with E-state index in [1.807, 2.05) is 12.1 Å². The molecule has 1 saturated heterocycles. The van der Waals surface area contributed by atoms with Crippen LogP contribution in [-0.4, -0.2) is 24.3 Å². The molecule has 15 heavy (non-hydrogen) atoms. The summed E-state index contributed by atoms with van der Waals surface area (Å²) in [4.78, 5) is 4.13. The molecule has 4 heteroatoms. The van der Waals surface area contributed by atoms with E-state index < -0.39 is 0 Å². The van der Waals surface area contributed by atoms with Gasteiger partial charge in [-0.25, -0.2) is 0 Å². The van der Waals surface area contributed by atoms with E-state index >= 15 is 0 Å². The smallest absolute Gasteiger partial charge is 0.0834 e. The molecule has 0 bridgehead atoms. The Hall–Kier alpha value is -0.970. The SMILES string of the molecule is NCc1cc(COC2CCOC2)ccn1. The van der Waals surface area contributed by atoms with E-state index in [4.69, 9.17) is 15.2 Å². The van der Waals surface area contributed by atoms with Gasteiger partial charge in [0.25, 0.3) is 0 Å². The summed E-state index contributed by atoms with van der Waals surface area (Å²) in [5, 5.41) is 0. The first-order valence-corrected chi connectivity index (χ1v) is 5.21. The van der Waals surface area contributed by atoms with E-state index in [0.717, 1.165) is 30.9 Å². The molecule has 1 aromatic rings. The molecule has 2 rings (SSSR count). The monoisotopic (exact) mass is 208 g/mol. The average Bonchev–Trinajstić information content (AvgIpc) is 2.79. The Morgan fingerprint density at radius 2 is 2.53 bits per heavy atom. The maximum atomic E-state index is 5.69. The lowest BCUT2D eigenvalue weighted by molar-refractivity contribution is 0.0317. The van der Waals surface area contributed by atoms with Crippen molar-refractivity contribution in [1.82, 2.24) is 4.98 Å². The van der Waals surface area contributed by atoms with Gasteiger partial charge in [-0.05, 0) is 24.1 Å². The molecule has 1 aromatic heterocycles. The third kappa shape index (κ3) is 2.99. The first kappa shape index (κ1) is 10.5. The summed E-state index contributed by atoms with van der Waals surface area (Å²) in [5.74, 6) is 0. The van der Waals surface area contributed by atoms with Gasteiger partial charge in [-0.3, -0.25) is 4.98 Å². The van der Waals surface area contributed by atoms with Crippen LogP contribution in [0.2, 0.25) is 0 Å². The van der Waals surface area contributed by atoms with E-state index in [0.29, 0.717) is 13.2 Å². The van der Waals surface area contributed by atoms with Crippen LogP contribution in [0.15, 0.2) is 18.3 Å². The van der Waals surface area contributed by atoms with Crippen LogP contribution in [-0.2, 0) is 22.6 Å². The molecule has 2 N–H and O–H groups in total. The topological polar surface area (TPSA) is 57.4 Å².